The van der Waals surface area contributed by atoms with Crippen molar-refractivity contribution < 1.29 is 55.8 Å². The number of ether oxygens (including phenoxy) is 1. The van der Waals surface area contributed by atoms with E-state index >= 15 is 0 Å². The zero-order valence-corrected chi connectivity index (χ0v) is 19.8. The summed E-state index contributed by atoms with van der Waals surface area (Å²) in [6, 6.07) is 5.87. The summed E-state index contributed by atoms with van der Waals surface area (Å²) in [5.74, 6) is 0.768. The van der Waals surface area contributed by atoms with Crippen molar-refractivity contribution in [2.45, 2.75) is 76.9 Å². The first-order chi connectivity index (χ1) is 13.5. The Labute approximate surface area is 197 Å². The van der Waals surface area contributed by atoms with Crippen LogP contribution in [0.3, 0.4) is 0 Å². The van der Waals surface area contributed by atoms with E-state index in [1.165, 1.54) is 5.56 Å². The number of fused-ring (bicyclic) bond motifs is 2. The van der Waals surface area contributed by atoms with Crippen LogP contribution >= 0.6 is 0 Å². The number of aliphatic hydroxyl groups excluding tert-OH is 2. The van der Waals surface area contributed by atoms with Crippen molar-refractivity contribution in [2.24, 2.45) is 17.8 Å². The van der Waals surface area contributed by atoms with E-state index in [1.807, 2.05) is 12.1 Å². The van der Waals surface area contributed by atoms with Gasteiger partial charge in [-0.1, -0.05) is 38.3 Å². The van der Waals surface area contributed by atoms with Crippen molar-refractivity contribution in [1.29, 1.82) is 0 Å². The SMILES string of the molecule is CCCCC[C@@H](O)CC[C@@H]1[C@H]2Cc3cccc(OCC(=O)O)c3C[C@H]2C[C@H]1O.[H-].[Na+]. The van der Waals surface area contributed by atoms with Gasteiger partial charge < -0.3 is 21.5 Å². The predicted molar refractivity (Wildman–Crippen MR) is 109 cm³/mol. The molecule has 2 aliphatic carbocycles. The van der Waals surface area contributed by atoms with Crippen molar-refractivity contribution in [3.05, 3.63) is 29.3 Å². The van der Waals surface area contributed by atoms with Crippen LogP contribution in [0.1, 0.15) is 64.4 Å². The molecule has 0 unspecified atom stereocenters. The summed E-state index contributed by atoms with van der Waals surface area (Å²) >= 11 is 0. The molecule has 5 atom stereocenters. The van der Waals surface area contributed by atoms with Crippen LogP contribution in [-0.2, 0) is 17.6 Å². The zero-order chi connectivity index (χ0) is 20.1. The molecular formula is C23H35NaO5. The minimum atomic E-state index is -0.972. The first kappa shape index (κ1) is 24.7. The van der Waals surface area contributed by atoms with Gasteiger partial charge in [-0.25, -0.2) is 4.79 Å². The van der Waals surface area contributed by atoms with Gasteiger partial charge in [-0.3, -0.25) is 0 Å². The Morgan fingerprint density at radius 1 is 1.28 bits per heavy atom. The van der Waals surface area contributed by atoms with Gasteiger partial charge in [0.15, 0.2) is 6.61 Å². The van der Waals surface area contributed by atoms with E-state index in [9.17, 15) is 15.0 Å². The molecule has 5 nitrogen and oxygen atoms in total. The molecule has 29 heavy (non-hydrogen) atoms. The van der Waals surface area contributed by atoms with Gasteiger partial charge >= 0.3 is 35.5 Å². The molecule has 0 saturated heterocycles. The molecule has 3 rings (SSSR count). The maximum Gasteiger partial charge on any atom is 1.00 e. The summed E-state index contributed by atoms with van der Waals surface area (Å²) in [6.07, 6.45) is 7.85. The van der Waals surface area contributed by atoms with E-state index in [4.69, 9.17) is 9.84 Å². The molecule has 0 amide bonds. The molecule has 2 aliphatic rings. The molecule has 0 heterocycles. The molecule has 1 aromatic rings. The van der Waals surface area contributed by atoms with Crippen molar-refractivity contribution in [3.8, 4) is 5.75 Å². The second-order valence-electron chi connectivity index (χ2n) is 8.60. The van der Waals surface area contributed by atoms with E-state index in [1.54, 1.807) is 0 Å². The van der Waals surface area contributed by atoms with Crippen LogP contribution in [0.5, 0.6) is 5.75 Å². The fraction of sp³-hybridized carbons (Fsp3) is 0.696. The monoisotopic (exact) mass is 414 g/mol. The minimum Gasteiger partial charge on any atom is -1.00 e. The molecule has 158 valence electrons. The molecule has 0 bridgehead atoms. The first-order valence-electron chi connectivity index (χ1n) is 10.8. The smallest absolute Gasteiger partial charge is 1.00 e. The second kappa shape index (κ2) is 11.7. The fourth-order valence-corrected chi connectivity index (χ4v) is 5.24. The number of unbranched alkanes of at least 4 members (excludes halogenated alkanes) is 2. The maximum absolute atomic E-state index is 10.8. The van der Waals surface area contributed by atoms with Crippen molar-refractivity contribution in [3.63, 3.8) is 0 Å². The summed E-state index contributed by atoms with van der Waals surface area (Å²) < 4.78 is 5.50. The number of carbonyl (C=O) groups is 1. The fourth-order valence-electron chi connectivity index (χ4n) is 5.24. The number of hydrogen-bond donors (Lipinski definition) is 3. The van der Waals surface area contributed by atoms with E-state index in [-0.39, 0.29) is 55.7 Å². The number of benzene rings is 1. The molecule has 0 aliphatic heterocycles. The van der Waals surface area contributed by atoms with Gasteiger partial charge in [0.25, 0.3) is 0 Å². The zero-order valence-electron chi connectivity index (χ0n) is 18.8. The standard InChI is InChI=1S/C23H34O5.Na.H/c1-2-3-4-7-17(24)9-10-18-19-11-15-6-5-8-22(28-14-23(26)27)20(15)12-16(19)13-21(18)25;;/h5-6,8,16-19,21,24-25H,2-4,7,9-14H2,1H3,(H,26,27);;/q;+1;-1/t16-,17+,18+,19-,21+;;/m0../s1. The Bertz CT molecular complexity index is 671. The predicted octanol–water partition coefficient (Wildman–Crippen LogP) is 0.700. The quantitative estimate of drug-likeness (QED) is 0.388. The largest absolute Gasteiger partial charge is 1.00 e. The summed E-state index contributed by atoms with van der Waals surface area (Å²) in [5.41, 5.74) is 2.32. The molecule has 1 fully saturated rings. The van der Waals surface area contributed by atoms with Gasteiger partial charge in [0.05, 0.1) is 12.2 Å². The Morgan fingerprint density at radius 2 is 2.07 bits per heavy atom. The molecule has 0 radical (unpaired) electrons. The molecule has 0 aromatic heterocycles. The first-order valence-corrected chi connectivity index (χ1v) is 10.8. The van der Waals surface area contributed by atoms with E-state index in [2.05, 4.69) is 13.0 Å². The number of hydrogen-bond acceptors (Lipinski definition) is 4. The van der Waals surface area contributed by atoms with Crippen LogP contribution in [0, 0.1) is 17.8 Å². The number of aliphatic carboxylic acids is 1. The average molecular weight is 415 g/mol. The van der Waals surface area contributed by atoms with Crippen molar-refractivity contribution in [1.82, 2.24) is 0 Å². The Balaban J connectivity index is 0.00000225. The molecule has 6 heteroatoms. The Kier molecular flexibility index (Phi) is 9.96. The van der Waals surface area contributed by atoms with Crippen LogP contribution in [-0.4, -0.2) is 40.1 Å². The van der Waals surface area contributed by atoms with Crippen molar-refractivity contribution in [2.75, 3.05) is 6.61 Å². The molecule has 3 N–H and O–H groups in total. The summed E-state index contributed by atoms with van der Waals surface area (Å²) in [6.45, 7) is 1.84. The topological polar surface area (TPSA) is 87.0 Å². The van der Waals surface area contributed by atoms with Crippen LogP contribution in [0.15, 0.2) is 18.2 Å². The van der Waals surface area contributed by atoms with Crippen molar-refractivity contribution >= 4 is 5.97 Å². The van der Waals surface area contributed by atoms with Crippen LogP contribution in [0.2, 0.25) is 0 Å². The maximum atomic E-state index is 10.8. The molecular weight excluding hydrogens is 379 g/mol. The summed E-state index contributed by atoms with van der Waals surface area (Å²) in [7, 11) is 0. The van der Waals surface area contributed by atoms with Gasteiger partial charge in [0.2, 0.25) is 0 Å². The number of carboxylic acids is 1. The van der Waals surface area contributed by atoms with Crippen LogP contribution < -0.4 is 34.3 Å². The third-order valence-electron chi connectivity index (χ3n) is 6.67. The van der Waals surface area contributed by atoms with Gasteiger partial charge in [0.1, 0.15) is 5.75 Å². The van der Waals surface area contributed by atoms with Crippen LogP contribution in [0.4, 0.5) is 0 Å². The average Bonchev–Trinajstić information content (AvgIpc) is 2.97. The number of rotatable bonds is 10. The number of aliphatic hydroxyl groups is 2. The van der Waals surface area contributed by atoms with Gasteiger partial charge in [-0.15, -0.1) is 0 Å². The van der Waals surface area contributed by atoms with Gasteiger partial charge in [-0.2, -0.15) is 0 Å². The van der Waals surface area contributed by atoms with Gasteiger partial charge in [-0.05, 0) is 73.5 Å². The second-order valence-corrected chi connectivity index (χ2v) is 8.60. The van der Waals surface area contributed by atoms with E-state index in [0.29, 0.717) is 17.6 Å². The third kappa shape index (κ3) is 6.44. The minimum absolute atomic E-state index is 0. The van der Waals surface area contributed by atoms with Gasteiger partial charge in [0, 0.05) is 0 Å². The summed E-state index contributed by atoms with van der Waals surface area (Å²) in [4.78, 5) is 10.8. The third-order valence-corrected chi connectivity index (χ3v) is 6.67. The molecule has 1 aromatic carbocycles. The molecule has 0 spiro atoms. The van der Waals surface area contributed by atoms with E-state index < -0.39 is 5.97 Å². The van der Waals surface area contributed by atoms with Crippen LogP contribution in [0.25, 0.3) is 0 Å². The Morgan fingerprint density at radius 3 is 2.79 bits per heavy atom. The molecule has 1 saturated carbocycles. The summed E-state index contributed by atoms with van der Waals surface area (Å²) in [5, 5.41) is 29.8. The normalized spacial score (nSPS) is 26.2. The number of carboxylic acid groups (broad SMARTS) is 1. The van der Waals surface area contributed by atoms with E-state index in [0.717, 1.165) is 63.4 Å². The Hall–Kier alpha value is -0.590.